The number of nitrogens with zero attached hydrogens (tertiary/aromatic N) is 1. The molecule has 0 unspecified atom stereocenters. The van der Waals surface area contributed by atoms with Gasteiger partial charge in [-0.25, -0.2) is 0 Å². The summed E-state index contributed by atoms with van der Waals surface area (Å²) in [5, 5.41) is 5.14. The number of nitrogens with one attached hydrogen (secondary N) is 1. The molecule has 2 aromatic heterocycles. The molecule has 0 saturated carbocycles. The Hall–Kier alpha value is -2.63. The highest BCUT2D eigenvalue weighted by molar-refractivity contribution is 7.21. The van der Waals surface area contributed by atoms with Gasteiger partial charge in [0.25, 0.3) is 5.91 Å². The van der Waals surface area contributed by atoms with Crippen molar-refractivity contribution in [1.29, 1.82) is 0 Å². The first-order chi connectivity index (χ1) is 12.2. The molecule has 4 aromatic rings. The summed E-state index contributed by atoms with van der Waals surface area (Å²) in [4.78, 5) is 17.6. The lowest BCUT2D eigenvalue weighted by molar-refractivity contribution is 0.103. The second kappa shape index (κ2) is 6.35. The molecule has 2 heterocycles. The lowest BCUT2D eigenvalue weighted by atomic mass is 10.2. The summed E-state index contributed by atoms with van der Waals surface area (Å²) in [7, 11) is 1.60. The Balaban J connectivity index is 1.73. The number of halogens is 1. The highest BCUT2D eigenvalue weighted by atomic mass is 35.5. The van der Waals surface area contributed by atoms with Gasteiger partial charge in [-0.05, 0) is 30.3 Å². The first-order valence-corrected chi connectivity index (χ1v) is 8.78. The molecule has 0 atom stereocenters. The Labute approximate surface area is 153 Å². The van der Waals surface area contributed by atoms with E-state index in [1.54, 1.807) is 13.3 Å². The number of methoxy groups -OCH3 is 1. The Bertz CT molecular complexity index is 1100. The van der Waals surface area contributed by atoms with Gasteiger partial charge in [0.2, 0.25) is 0 Å². The number of amides is 1. The molecule has 2 aromatic carbocycles. The second-order valence-electron chi connectivity index (χ2n) is 5.44. The number of aromatic nitrogens is 1. The lowest BCUT2D eigenvalue weighted by Gasteiger charge is -2.07. The second-order valence-corrected chi connectivity index (χ2v) is 6.87. The minimum absolute atomic E-state index is 0.247. The zero-order chi connectivity index (χ0) is 17.4. The van der Waals surface area contributed by atoms with Gasteiger partial charge in [0.15, 0.2) is 0 Å². The molecule has 0 radical (unpaired) electrons. The number of carbonyl (C=O) groups is 1. The standard InChI is InChI=1S/C19H13ClN2O2S/c1-24-12-7-8-15-13(10-12)16(20)18(25-15)19(23)22-14-6-2-4-11-5-3-9-21-17(11)14/h2-10H,1H3,(H,22,23). The fraction of sp³-hybridized carbons (Fsp3) is 0.0526. The van der Waals surface area contributed by atoms with E-state index in [-0.39, 0.29) is 5.91 Å². The summed E-state index contributed by atoms with van der Waals surface area (Å²) < 4.78 is 6.17. The van der Waals surface area contributed by atoms with Crippen LogP contribution in [-0.2, 0) is 0 Å². The van der Waals surface area contributed by atoms with Crippen LogP contribution < -0.4 is 10.1 Å². The minimum Gasteiger partial charge on any atom is -0.497 e. The molecule has 4 nitrogen and oxygen atoms in total. The molecule has 0 bridgehead atoms. The van der Waals surface area contributed by atoms with Crippen LogP contribution in [0.2, 0.25) is 5.02 Å². The van der Waals surface area contributed by atoms with E-state index < -0.39 is 0 Å². The Kier molecular flexibility index (Phi) is 4.03. The molecule has 0 aliphatic rings. The van der Waals surface area contributed by atoms with E-state index in [0.717, 1.165) is 21.0 Å². The lowest BCUT2D eigenvalue weighted by Crippen LogP contribution is -2.11. The van der Waals surface area contributed by atoms with Crippen LogP contribution in [0.3, 0.4) is 0 Å². The van der Waals surface area contributed by atoms with Crippen LogP contribution in [0, 0.1) is 0 Å². The average molecular weight is 369 g/mol. The maximum absolute atomic E-state index is 12.8. The number of benzene rings is 2. The van der Waals surface area contributed by atoms with Gasteiger partial charge in [-0.2, -0.15) is 0 Å². The third kappa shape index (κ3) is 2.81. The number of para-hydroxylation sites is 1. The summed E-state index contributed by atoms with van der Waals surface area (Å²) in [6, 6.07) is 15.1. The Morgan fingerprint density at radius 1 is 1.20 bits per heavy atom. The predicted octanol–water partition coefficient (Wildman–Crippen LogP) is 5.36. The van der Waals surface area contributed by atoms with Crippen molar-refractivity contribution < 1.29 is 9.53 Å². The highest BCUT2D eigenvalue weighted by Crippen LogP contribution is 2.37. The van der Waals surface area contributed by atoms with Crippen molar-refractivity contribution in [1.82, 2.24) is 4.98 Å². The van der Waals surface area contributed by atoms with Gasteiger partial charge in [-0.1, -0.05) is 29.8 Å². The van der Waals surface area contributed by atoms with Crippen LogP contribution >= 0.6 is 22.9 Å². The molecule has 1 amide bonds. The van der Waals surface area contributed by atoms with E-state index in [0.29, 0.717) is 21.3 Å². The Morgan fingerprint density at radius 2 is 2.04 bits per heavy atom. The molecule has 0 aliphatic heterocycles. The van der Waals surface area contributed by atoms with Crippen LogP contribution in [0.4, 0.5) is 5.69 Å². The number of carbonyl (C=O) groups excluding carboxylic acids is 1. The van der Waals surface area contributed by atoms with E-state index in [1.165, 1.54) is 11.3 Å². The van der Waals surface area contributed by atoms with Crippen molar-refractivity contribution in [3.63, 3.8) is 0 Å². The number of fused-ring (bicyclic) bond motifs is 2. The van der Waals surface area contributed by atoms with Crippen LogP contribution in [-0.4, -0.2) is 18.0 Å². The fourth-order valence-corrected chi connectivity index (χ4v) is 4.09. The van der Waals surface area contributed by atoms with E-state index in [1.807, 2.05) is 48.5 Å². The largest absolute Gasteiger partial charge is 0.497 e. The van der Waals surface area contributed by atoms with Crippen molar-refractivity contribution in [3.8, 4) is 5.75 Å². The predicted molar refractivity (Wildman–Crippen MR) is 103 cm³/mol. The minimum atomic E-state index is -0.247. The third-order valence-electron chi connectivity index (χ3n) is 3.92. The molecule has 124 valence electrons. The molecule has 0 aliphatic carbocycles. The first kappa shape index (κ1) is 15.9. The summed E-state index contributed by atoms with van der Waals surface area (Å²) in [5.41, 5.74) is 1.41. The smallest absolute Gasteiger partial charge is 0.267 e. The number of thiophene rings is 1. The normalized spacial score (nSPS) is 11.0. The van der Waals surface area contributed by atoms with Gasteiger partial charge in [0.05, 0.1) is 23.3 Å². The van der Waals surface area contributed by atoms with Crippen molar-refractivity contribution in [2.75, 3.05) is 12.4 Å². The van der Waals surface area contributed by atoms with Crippen LogP contribution in [0.25, 0.3) is 21.0 Å². The topological polar surface area (TPSA) is 51.2 Å². The highest BCUT2D eigenvalue weighted by Gasteiger charge is 2.18. The summed E-state index contributed by atoms with van der Waals surface area (Å²) in [5.74, 6) is 0.459. The number of hydrogen-bond donors (Lipinski definition) is 1. The molecule has 6 heteroatoms. The number of ether oxygens (including phenoxy) is 1. The van der Waals surface area contributed by atoms with E-state index >= 15 is 0 Å². The van der Waals surface area contributed by atoms with Crippen molar-refractivity contribution >= 4 is 55.5 Å². The number of hydrogen-bond acceptors (Lipinski definition) is 4. The molecule has 1 N–H and O–H groups in total. The molecule has 0 saturated heterocycles. The first-order valence-electron chi connectivity index (χ1n) is 7.58. The van der Waals surface area contributed by atoms with Gasteiger partial charge in [0.1, 0.15) is 10.6 Å². The Morgan fingerprint density at radius 3 is 2.88 bits per heavy atom. The fourth-order valence-electron chi connectivity index (χ4n) is 2.70. The number of pyridine rings is 1. The zero-order valence-corrected chi connectivity index (χ0v) is 14.8. The van der Waals surface area contributed by atoms with Crippen molar-refractivity contribution in [2.24, 2.45) is 0 Å². The maximum atomic E-state index is 12.8. The number of rotatable bonds is 3. The third-order valence-corrected chi connectivity index (χ3v) is 5.60. The summed E-state index contributed by atoms with van der Waals surface area (Å²) in [6.07, 6.45) is 1.71. The summed E-state index contributed by atoms with van der Waals surface area (Å²) in [6.45, 7) is 0. The van der Waals surface area contributed by atoms with Gasteiger partial charge >= 0.3 is 0 Å². The van der Waals surface area contributed by atoms with E-state index in [2.05, 4.69) is 10.3 Å². The quantitative estimate of drug-likeness (QED) is 0.529. The van der Waals surface area contributed by atoms with Crippen LogP contribution in [0.5, 0.6) is 5.75 Å². The van der Waals surface area contributed by atoms with Crippen LogP contribution in [0.15, 0.2) is 54.7 Å². The maximum Gasteiger partial charge on any atom is 0.267 e. The van der Waals surface area contributed by atoms with Gasteiger partial charge in [-0.3, -0.25) is 9.78 Å². The van der Waals surface area contributed by atoms with E-state index in [9.17, 15) is 4.79 Å². The van der Waals surface area contributed by atoms with E-state index in [4.69, 9.17) is 16.3 Å². The summed E-state index contributed by atoms with van der Waals surface area (Å²) >= 11 is 7.80. The molecule has 25 heavy (non-hydrogen) atoms. The zero-order valence-electron chi connectivity index (χ0n) is 13.2. The number of anilines is 1. The van der Waals surface area contributed by atoms with Gasteiger partial charge < -0.3 is 10.1 Å². The van der Waals surface area contributed by atoms with Crippen LogP contribution in [0.1, 0.15) is 9.67 Å². The molecular formula is C19H13ClN2O2S. The van der Waals surface area contributed by atoms with Crippen molar-refractivity contribution in [3.05, 3.63) is 64.6 Å². The van der Waals surface area contributed by atoms with Gasteiger partial charge in [-0.15, -0.1) is 11.3 Å². The monoisotopic (exact) mass is 368 g/mol. The molecule has 0 fully saturated rings. The van der Waals surface area contributed by atoms with Crippen molar-refractivity contribution in [2.45, 2.75) is 0 Å². The molecule has 0 spiro atoms. The molecule has 4 rings (SSSR count). The average Bonchev–Trinajstić information content (AvgIpc) is 2.98. The molecular weight excluding hydrogens is 356 g/mol. The van der Waals surface area contributed by atoms with Gasteiger partial charge in [0, 0.05) is 21.7 Å². The SMILES string of the molecule is COc1ccc2sc(C(=O)Nc3cccc4cccnc34)c(Cl)c2c1.